The predicted molar refractivity (Wildman–Crippen MR) is 85.5 cm³/mol. The maximum atomic E-state index is 10.2. The van der Waals surface area contributed by atoms with Crippen molar-refractivity contribution in [1.29, 1.82) is 0 Å². The van der Waals surface area contributed by atoms with Crippen LogP contribution in [0.3, 0.4) is 0 Å². The molecule has 5 heteroatoms. The standard InChI is InChI=1S/C16H18BrNO3/c1-20-13-4-2-3-11(7-13)16(19)10-21-14-5-6-15(17)12(8-14)9-18/h2-8,16,19H,9-10,18H2,1H3. The van der Waals surface area contributed by atoms with E-state index in [9.17, 15) is 5.11 Å². The number of hydrogen-bond donors (Lipinski definition) is 2. The number of aliphatic hydroxyl groups is 1. The Morgan fingerprint density at radius 2 is 2.00 bits per heavy atom. The van der Waals surface area contributed by atoms with Crippen molar-refractivity contribution in [2.75, 3.05) is 13.7 Å². The molecule has 4 nitrogen and oxygen atoms in total. The van der Waals surface area contributed by atoms with Crippen LogP contribution in [-0.2, 0) is 6.54 Å². The van der Waals surface area contributed by atoms with Gasteiger partial charge in [0.2, 0.25) is 0 Å². The maximum absolute atomic E-state index is 10.2. The van der Waals surface area contributed by atoms with Crippen LogP contribution >= 0.6 is 15.9 Å². The van der Waals surface area contributed by atoms with Gasteiger partial charge >= 0.3 is 0 Å². The molecule has 2 aromatic carbocycles. The molecule has 0 bridgehead atoms. The Labute approximate surface area is 132 Å². The molecule has 0 fully saturated rings. The summed E-state index contributed by atoms with van der Waals surface area (Å²) in [6.45, 7) is 0.592. The van der Waals surface area contributed by atoms with Crippen LogP contribution in [0.4, 0.5) is 0 Å². The molecule has 0 saturated carbocycles. The molecular formula is C16H18BrNO3. The zero-order valence-electron chi connectivity index (χ0n) is 11.8. The van der Waals surface area contributed by atoms with Crippen molar-refractivity contribution in [3.63, 3.8) is 0 Å². The van der Waals surface area contributed by atoms with Crippen molar-refractivity contribution in [1.82, 2.24) is 0 Å². The Bertz CT molecular complexity index is 604. The number of aliphatic hydroxyl groups excluding tert-OH is 1. The van der Waals surface area contributed by atoms with E-state index >= 15 is 0 Å². The summed E-state index contributed by atoms with van der Waals surface area (Å²) in [5.41, 5.74) is 7.37. The van der Waals surface area contributed by atoms with Gasteiger partial charge in [0.25, 0.3) is 0 Å². The molecule has 2 aromatic rings. The van der Waals surface area contributed by atoms with Crippen molar-refractivity contribution in [2.24, 2.45) is 5.73 Å². The monoisotopic (exact) mass is 351 g/mol. The third-order valence-electron chi connectivity index (χ3n) is 3.12. The van der Waals surface area contributed by atoms with E-state index in [1.54, 1.807) is 13.2 Å². The summed E-state index contributed by atoms with van der Waals surface area (Å²) in [5, 5.41) is 10.2. The van der Waals surface area contributed by atoms with Gasteiger partial charge in [-0.15, -0.1) is 0 Å². The van der Waals surface area contributed by atoms with Crippen LogP contribution in [-0.4, -0.2) is 18.8 Å². The molecule has 1 unspecified atom stereocenters. The van der Waals surface area contributed by atoms with Crippen LogP contribution in [0.2, 0.25) is 0 Å². The summed E-state index contributed by atoms with van der Waals surface area (Å²) in [7, 11) is 1.60. The Hall–Kier alpha value is -1.56. The van der Waals surface area contributed by atoms with E-state index < -0.39 is 6.10 Å². The summed E-state index contributed by atoms with van der Waals surface area (Å²) in [4.78, 5) is 0. The third-order valence-corrected chi connectivity index (χ3v) is 3.90. The van der Waals surface area contributed by atoms with Crippen LogP contribution in [0.25, 0.3) is 0 Å². The highest BCUT2D eigenvalue weighted by Crippen LogP contribution is 2.24. The molecule has 0 aliphatic heterocycles. The van der Waals surface area contributed by atoms with Gasteiger partial charge in [-0.3, -0.25) is 0 Å². The fourth-order valence-electron chi connectivity index (χ4n) is 1.92. The lowest BCUT2D eigenvalue weighted by Gasteiger charge is -2.14. The predicted octanol–water partition coefficient (Wildman–Crippen LogP) is 3.03. The summed E-state index contributed by atoms with van der Waals surface area (Å²) >= 11 is 3.42. The van der Waals surface area contributed by atoms with E-state index in [4.69, 9.17) is 15.2 Å². The lowest BCUT2D eigenvalue weighted by Crippen LogP contribution is -2.10. The number of benzene rings is 2. The van der Waals surface area contributed by atoms with Crippen LogP contribution in [0.15, 0.2) is 46.9 Å². The molecule has 0 radical (unpaired) electrons. The van der Waals surface area contributed by atoms with E-state index in [2.05, 4.69) is 15.9 Å². The fourth-order valence-corrected chi connectivity index (χ4v) is 2.33. The highest BCUT2D eigenvalue weighted by Gasteiger charge is 2.10. The minimum Gasteiger partial charge on any atom is -0.497 e. The van der Waals surface area contributed by atoms with Crippen molar-refractivity contribution < 1.29 is 14.6 Å². The molecule has 0 amide bonds. The zero-order chi connectivity index (χ0) is 15.2. The van der Waals surface area contributed by atoms with Crippen molar-refractivity contribution in [2.45, 2.75) is 12.6 Å². The van der Waals surface area contributed by atoms with Gasteiger partial charge in [0.15, 0.2) is 0 Å². The van der Waals surface area contributed by atoms with Crippen molar-refractivity contribution >= 4 is 15.9 Å². The lowest BCUT2D eigenvalue weighted by molar-refractivity contribution is 0.108. The highest BCUT2D eigenvalue weighted by atomic mass is 79.9. The first-order valence-electron chi connectivity index (χ1n) is 6.57. The summed E-state index contributed by atoms with van der Waals surface area (Å²) in [6.07, 6.45) is -0.718. The Morgan fingerprint density at radius 1 is 1.19 bits per heavy atom. The lowest BCUT2D eigenvalue weighted by atomic mass is 10.1. The second-order valence-electron chi connectivity index (χ2n) is 4.56. The van der Waals surface area contributed by atoms with Crippen LogP contribution in [0, 0.1) is 0 Å². The highest BCUT2D eigenvalue weighted by molar-refractivity contribution is 9.10. The molecule has 0 spiro atoms. The summed E-state index contributed by atoms with van der Waals surface area (Å²) < 4.78 is 11.7. The van der Waals surface area contributed by atoms with Gasteiger partial charge in [-0.1, -0.05) is 28.1 Å². The second-order valence-corrected chi connectivity index (χ2v) is 5.42. The van der Waals surface area contributed by atoms with Gasteiger partial charge in [-0.25, -0.2) is 0 Å². The Balaban J connectivity index is 2.01. The second kappa shape index (κ2) is 7.45. The molecule has 0 aliphatic carbocycles. The van der Waals surface area contributed by atoms with E-state index in [-0.39, 0.29) is 6.61 Å². The topological polar surface area (TPSA) is 64.7 Å². The SMILES string of the molecule is COc1cccc(C(O)COc2ccc(Br)c(CN)c2)c1. The first kappa shape index (κ1) is 15.8. The van der Waals surface area contributed by atoms with E-state index in [0.717, 1.165) is 15.6 Å². The van der Waals surface area contributed by atoms with Gasteiger partial charge in [0, 0.05) is 11.0 Å². The molecule has 21 heavy (non-hydrogen) atoms. The quantitative estimate of drug-likeness (QED) is 0.839. The maximum Gasteiger partial charge on any atom is 0.119 e. The average Bonchev–Trinajstić information content (AvgIpc) is 2.53. The average molecular weight is 352 g/mol. The number of nitrogens with two attached hydrogens (primary N) is 1. The first-order valence-corrected chi connectivity index (χ1v) is 7.36. The molecule has 0 saturated heterocycles. The summed E-state index contributed by atoms with van der Waals surface area (Å²) in [6, 6.07) is 12.9. The number of rotatable bonds is 6. The zero-order valence-corrected chi connectivity index (χ0v) is 13.3. The first-order chi connectivity index (χ1) is 10.1. The molecule has 112 valence electrons. The number of methoxy groups -OCH3 is 1. The number of ether oxygens (including phenoxy) is 2. The van der Waals surface area contributed by atoms with E-state index in [1.165, 1.54) is 0 Å². The largest absolute Gasteiger partial charge is 0.497 e. The molecule has 3 N–H and O–H groups in total. The number of hydrogen-bond acceptors (Lipinski definition) is 4. The van der Waals surface area contributed by atoms with Crippen molar-refractivity contribution in [3.05, 3.63) is 58.1 Å². The molecule has 0 aliphatic rings. The van der Waals surface area contributed by atoms with E-state index in [0.29, 0.717) is 18.0 Å². The minimum absolute atomic E-state index is 0.165. The van der Waals surface area contributed by atoms with E-state index in [1.807, 2.05) is 36.4 Å². The fraction of sp³-hybridized carbons (Fsp3) is 0.250. The molecular weight excluding hydrogens is 334 g/mol. The minimum atomic E-state index is -0.718. The Morgan fingerprint density at radius 3 is 2.71 bits per heavy atom. The smallest absolute Gasteiger partial charge is 0.119 e. The van der Waals surface area contributed by atoms with Gasteiger partial charge in [-0.2, -0.15) is 0 Å². The normalized spacial score (nSPS) is 12.0. The molecule has 1 atom stereocenters. The van der Waals surface area contributed by atoms with Gasteiger partial charge < -0.3 is 20.3 Å². The molecule has 0 heterocycles. The molecule has 0 aromatic heterocycles. The van der Waals surface area contributed by atoms with Crippen LogP contribution in [0.5, 0.6) is 11.5 Å². The van der Waals surface area contributed by atoms with Gasteiger partial charge in [0.05, 0.1) is 7.11 Å². The van der Waals surface area contributed by atoms with Crippen molar-refractivity contribution in [3.8, 4) is 11.5 Å². The summed E-state index contributed by atoms with van der Waals surface area (Å²) in [5.74, 6) is 1.39. The molecule has 2 rings (SSSR count). The van der Waals surface area contributed by atoms with Gasteiger partial charge in [0.1, 0.15) is 24.2 Å². The van der Waals surface area contributed by atoms with Crippen LogP contribution in [0.1, 0.15) is 17.2 Å². The Kier molecular flexibility index (Phi) is 5.61. The van der Waals surface area contributed by atoms with Gasteiger partial charge in [-0.05, 0) is 41.5 Å². The number of halogens is 1. The van der Waals surface area contributed by atoms with Crippen LogP contribution < -0.4 is 15.2 Å². The third kappa shape index (κ3) is 4.20.